The molecule has 0 amide bonds. The Hall–Kier alpha value is -2.14. The van der Waals surface area contributed by atoms with Gasteiger partial charge in [0.1, 0.15) is 5.82 Å². The first kappa shape index (κ1) is 16.7. The maximum absolute atomic E-state index is 4.73. The smallest absolute Gasteiger partial charge is 0.229 e. The number of hydrogen-bond acceptors (Lipinski definition) is 5. The zero-order chi connectivity index (χ0) is 17.2. The van der Waals surface area contributed by atoms with Gasteiger partial charge in [0.25, 0.3) is 0 Å². The van der Waals surface area contributed by atoms with E-state index >= 15 is 0 Å². The third-order valence-corrected chi connectivity index (χ3v) is 4.45. The van der Waals surface area contributed by atoms with Gasteiger partial charge in [-0.25, -0.2) is 4.98 Å². The van der Waals surface area contributed by atoms with Gasteiger partial charge in [-0.05, 0) is 30.2 Å². The van der Waals surface area contributed by atoms with Crippen LogP contribution in [-0.2, 0) is 5.41 Å². The van der Waals surface area contributed by atoms with Gasteiger partial charge < -0.3 is 15.1 Å². The molecular weight excluding hydrogens is 298 g/mol. The number of hydrogen-bond donors (Lipinski definition) is 1. The van der Waals surface area contributed by atoms with Gasteiger partial charge in [0.15, 0.2) is 0 Å². The number of para-hydroxylation sites is 1. The van der Waals surface area contributed by atoms with Crippen molar-refractivity contribution in [3.8, 4) is 0 Å². The van der Waals surface area contributed by atoms with E-state index in [9.17, 15) is 0 Å². The lowest BCUT2D eigenvalue weighted by molar-refractivity contribution is 0.312. The molecule has 2 aromatic rings. The van der Waals surface area contributed by atoms with Gasteiger partial charge in [0.2, 0.25) is 5.95 Å². The Kier molecular flexibility index (Phi) is 4.71. The minimum Gasteiger partial charge on any atom is -0.354 e. The van der Waals surface area contributed by atoms with Crippen molar-refractivity contribution in [1.82, 2.24) is 14.9 Å². The third kappa shape index (κ3) is 3.85. The molecule has 0 spiro atoms. The highest BCUT2D eigenvalue weighted by atomic mass is 15.3. The third-order valence-electron chi connectivity index (χ3n) is 4.45. The van der Waals surface area contributed by atoms with Gasteiger partial charge in [-0.1, -0.05) is 39.0 Å². The van der Waals surface area contributed by atoms with E-state index in [1.165, 1.54) is 5.56 Å². The number of anilines is 3. The van der Waals surface area contributed by atoms with E-state index in [1.54, 1.807) is 0 Å². The molecule has 0 bridgehead atoms. The Bertz CT molecular complexity index is 684. The molecule has 0 unspecified atom stereocenters. The molecule has 1 saturated heterocycles. The van der Waals surface area contributed by atoms with E-state index in [0.29, 0.717) is 5.95 Å². The number of piperazine rings is 1. The van der Waals surface area contributed by atoms with E-state index in [-0.39, 0.29) is 5.41 Å². The first-order valence-corrected chi connectivity index (χ1v) is 8.56. The quantitative estimate of drug-likeness (QED) is 0.938. The Morgan fingerprint density at radius 1 is 1.00 bits per heavy atom. The van der Waals surface area contributed by atoms with Crippen LogP contribution in [0.15, 0.2) is 36.5 Å². The van der Waals surface area contributed by atoms with Crippen molar-refractivity contribution in [2.24, 2.45) is 0 Å². The van der Waals surface area contributed by atoms with Crippen LogP contribution in [0.1, 0.15) is 26.3 Å². The minimum absolute atomic E-state index is 0.0681. The van der Waals surface area contributed by atoms with Crippen molar-refractivity contribution >= 4 is 17.5 Å². The van der Waals surface area contributed by atoms with Gasteiger partial charge in [0.05, 0.1) is 0 Å². The van der Waals surface area contributed by atoms with Gasteiger partial charge in [0, 0.05) is 38.1 Å². The molecule has 24 heavy (non-hydrogen) atoms. The maximum Gasteiger partial charge on any atom is 0.229 e. The lowest BCUT2D eigenvalue weighted by Crippen LogP contribution is -2.44. The van der Waals surface area contributed by atoms with Crippen molar-refractivity contribution in [3.63, 3.8) is 0 Å². The Morgan fingerprint density at radius 3 is 2.42 bits per heavy atom. The van der Waals surface area contributed by atoms with Crippen molar-refractivity contribution in [1.29, 1.82) is 0 Å². The van der Waals surface area contributed by atoms with Crippen LogP contribution in [-0.4, -0.2) is 48.1 Å². The highest BCUT2D eigenvalue weighted by Crippen LogP contribution is 2.30. The molecule has 1 aliphatic heterocycles. The Morgan fingerprint density at radius 2 is 1.71 bits per heavy atom. The summed E-state index contributed by atoms with van der Waals surface area (Å²) in [7, 11) is 2.16. The Labute approximate surface area is 144 Å². The maximum atomic E-state index is 4.73. The van der Waals surface area contributed by atoms with E-state index in [2.05, 4.69) is 66.1 Å². The second-order valence-corrected chi connectivity index (χ2v) is 7.45. The normalized spacial score (nSPS) is 16.2. The van der Waals surface area contributed by atoms with E-state index in [1.807, 2.05) is 18.3 Å². The Balaban J connectivity index is 1.81. The molecule has 5 heteroatoms. The van der Waals surface area contributed by atoms with Crippen LogP contribution < -0.4 is 10.2 Å². The topological polar surface area (TPSA) is 44.3 Å². The largest absolute Gasteiger partial charge is 0.354 e. The molecule has 0 aliphatic carbocycles. The lowest BCUT2D eigenvalue weighted by atomic mass is 9.86. The summed E-state index contributed by atoms with van der Waals surface area (Å²) in [5.74, 6) is 1.65. The highest BCUT2D eigenvalue weighted by molar-refractivity contribution is 5.61. The molecule has 3 rings (SSSR count). The zero-order valence-corrected chi connectivity index (χ0v) is 15.1. The van der Waals surface area contributed by atoms with E-state index < -0.39 is 0 Å². The molecule has 1 aromatic heterocycles. The molecule has 0 radical (unpaired) electrons. The molecule has 1 aromatic carbocycles. The molecular formula is C19H27N5. The summed E-state index contributed by atoms with van der Waals surface area (Å²) in [6.07, 6.45) is 1.84. The van der Waals surface area contributed by atoms with Crippen molar-refractivity contribution in [2.75, 3.05) is 43.4 Å². The van der Waals surface area contributed by atoms with Gasteiger partial charge >= 0.3 is 0 Å². The lowest BCUT2D eigenvalue weighted by Gasteiger charge is -2.33. The zero-order valence-electron chi connectivity index (χ0n) is 15.1. The molecule has 1 N–H and O–H groups in total. The molecule has 1 aliphatic rings. The molecule has 5 nitrogen and oxygen atoms in total. The fourth-order valence-electron chi connectivity index (χ4n) is 2.99. The fraction of sp³-hybridized carbons (Fsp3) is 0.474. The van der Waals surface area contributed by atoms with Crippen LogP contribution >= 0.6 is 0 Å². The number of benzene rings is 1. The SMILES string of the molecule is CN1CCN(c2ccnc(Nc3ccccc3C(C)(C)C)n2)CC1. The minimum atomic E-state index is 0.0681. The average Bonchev–Trinajstić information content (AvgIpc) is 2.55. The first-order valence-electron chi connectivity index (χ1n) is 8.56. The van der Waals surface area contributed by atoms with Crippen LogP contribution in [0.25, 0.3) is 0 Å². The second kappa shape index (κ2) is 6.77. The van der Waals surface area contributed by atoms with Crippen LogP contribution in [0.2, 0.25) is 0 Å². The predicted molar refractivity (Wildman–Crippen MR) is 100 cm³/mol. The number of likely N-dealkylation sites (N-methyl/N-ethyl adjacent to an activating group) is 1. The van der Waals surface area contributed by atoms with Gasteiger partial charge in [-0.2, -0.15) is 4.98 Å². The fourth-order valence-corrected chi connectivity index (χ4v) is 2.99. The summed E-state index contributed by atoms with van der Waals surface area (Å²) in [6, 6.07) is 10.4. The monoisotopic (exact) mass is 325 g/mol. The predicted octanol–water partition coefficient (Wildman–Crippen LogP) is 3.27. The summed E-state index contributed by atoms with van der Waals surface area (Å²) < 4.78 is 0. The van der Waals surface area contributed by atoms with Gasteiger partial charge in [-0.3, -0.25) is 0 Å². The summed E-state index contributed by atoms with van der Waals surface area (Å²) >= 11 is 0. The van der Waals surface area contributed by atoms with Gasteiger partial charge in [-0.15, -0.1) is 0 Å². The first-order chi connectivity index (χ1) is 11.4. The van der Waals surface area contributed by atoms with Crippen LogP contribution in [0.5, 0.6) is 0 Å². The van der Waals surface area contributed by atoms with E-state index in [0.717, 1.165) is 37.7 Å². The van der Waals surface area contributed by atoms with Crippen molar-refractivity contribution in [2.45, 2.75) is 26.2 Å². The number of nitrogens with one attached hydrogen (secondary N) is 1. The molecule has 0 atom stereocenters. The highest BCUT2D eigenvalue weighted by Gasteiger charge is 2.19. The molecule has 0 saturated carbocycles. The average molecular weight is 325 g/mol. The van der Waals surface area contributed by atoms with Crippen LogP contribution in [0.3, 0.4) is 0 Å². The molecule has 128 valence electrons. The standard InChI is InChI=1S/C19H27N5/c1-19(2,3)15-7-5-6-8-16(15)21-18-20-10-9-17(22-18)24-13-11-23(4)12-14-24/h5-10H,11-14H2,1-4H3,(H,20,21,22). The van der Waals surface area contributed by atoms with Crippen LogP contribution in [0, 0.1) is 0 Å². The number of aromatic nitrogens is 2. The number of rotatable bonds is 3. The number of nitrogens with zero attached hydrogens (tertiary/aromatic N) is 4. The van der Waals surface area contributed by atoms with Crippen LogP contribution in [0.4, 0.5) is 17.5 Å². The van der Waals surface area contributed by atoms with Crippen molar-refractivity contribution in [3.05, 3.63) is 42.1 Å². The summed E-state index contributed by atoms with van der Waals surface area (Å²) in [4.78, 5) is 13.8. The van der Waals surface area contributed by atoms with Crippen molar-refractivity contribution < 1.29 is 0 Å². The summed E-state index contributed by atoms with van der Waals surface area (Å²) in [6.45, 7) is 10.8. The van der Waals surface area contributed by atoms with E-state index in [4.69, 9.17) is 4.98 Å². The summed E-state index contributed by atoms with van der Waals surface area (Å²) in [5, 5.41) is 3.41. The summed E-state index contributed by atoms with van der Waals surface area (Å²) in [5.41, 5.74) is 2.40. The second-order valence-electron chi connectivity index (χ2n) is 7.45. The molecule has 1 fully saturated rings. The molecule has 2 heterocycles.